The van der Waals surface area contributed by atoms with Gasteiger partial charge in [-0.2, -0.15) is 0 Å². The van der Waals surface area contributed by atoms with E-state index in [1.54, 1.807) is 0 Å². The smallest absolute Gasteiger partial charge is 0.235 e. The van der Waals surface area contributed by atoms with E-state index in [1.165, 1.54) is 0 Å². The number of carbonyl (C=O) groups is 2. The van der Waals surface area contributed by atoms with Crippen molar-refractivity contribution in [1.82, 2.24) is 10.6 Å². The number of carbonyl (C=O) groups excluding carboxylic acids is 2. The molecule has 0 radical (unpaired) electrons. The molecular weight excluding hydrogens is 252 g/mol. The van der Waals surface area contributed by atoms with Crippen LogP contribution in [0.5, 0.6) is 0 Å². The Morgan fingerprint density at radius 1 is 1.15 bits per heavy atom. The zero-order chi connectivity index (χ0) is 14.6. The number of hydrogen-bond donors (Lipinski definition) is 2. The number of nitrogens with one attached hydrogen (secondary N) is 2. The fraction of sp³-hybridized carbons (Fsp3) is 0.500. The van der Waals surface area contributed by atoms with Crippen LogP contribution >= 0.6 is 0 Å². The molecule has 0 bridgehead atoms. The van der Waals surface area contributed by atoms with Gasteiger partial charge in [-0.15, -0.1) is 0 Å². The van der Waals surface area contributed by atoms with Crippen LogP contribution in [0.15, 0.2) is 24.3 Å². The molecule has 2 rings (SSSR count). The second-order valence-corrected chi connectivity index (χ2v) is 5.45. The van der Waals surface area contributed by atoms with Crippen molar-refractivity contribution in [3.05, 3.63) is 35.4 Å². The standard InChI is InChI=1S/C16H22N2O2/c1-3-10-17-14(19)16(8-9-16)15(20)18-11-13-7-5-4-6-12(13)2/h4-7H,3,8-11H2,1-2H3,(H,17,19)(H,18,20). The van der Waals surface area contributed by atoms with E-state index in [9.17, 15) is 9.59 Å². The number of hydrogen-bond acceptors (Lipinski definition) is 2. The van der Waals surface area contributed by atoms with Crippen molar-refractivity contribution in [3.63, 3.8) is 0 Å². The van der Waals surface area contributed by atoms with Crippen molar-refractivity contribution < 1.29 is 9.59 Å². The molecule has 0 aliphatic heterocycles. The summed E-state index contributed by atoms with van der Waals surface area (Å²) in [6.07, 6.45) is 2.19. The number of amides is 2. The molecule has 0 spiro atoms. The Kier molecular flexibility index (Phi) is 4.42. The van der Waals surface area contributed by atoms with E-state index >= 15 is 0 Å². The molecule has 1 saturated carbocycles. The van der Waals surface area contributed by atoms with E-state index in [1.807, 2.05) is 38.1 Å². The summed E-state index contributed by atoms with van der Waals surface area (Å²) < 4.78 is 0. The largest absolute Gasteiger partial charge is 0.355 e. The van der Waals surface area contributed by atoms with Crippen LogP contribution in [-0.4, -0.2) is 18.4 Å². The summed E-state index contributed by atoms with van der Waals surface area (Å²) >= 11 is 0. The van der Waals surface area contributed by atoms with Crippen molar-refractivity contribution in [3.8, 4) is 0 Å². The topological polar surface area (TPSA) is 58.2 Å². The summed E-state index contributed by atoms with van der Waals surface area (Å²) in [6, 6.07) is 7.94. The van der Waals surface area contributed by atoms with Crippen LogP contribution in [0.4, 0.5) is 0 Å². The summed E-state index contributed by atoms with van der Waals surface area (Å²) in [5.41, 5.74) is 1.43. The molecule has 1 aromatic rings. The maximum absolute atomic E-state index is 12.2. The third-order valence-corrected chi connectivity index (χ3v) is 3.86. The lowest BCUT2D eigenvalue weighted by Gasteiger charge is -2.15. The Morgan fingerprint density at radius 2 is 1.80 bits per heavy atom. The van der Waals surface area contributed by atoms with Crippen molar-refractivity contribution in [1.29, 1.82) is 0 Å². The molecule has 4 nitrogen and oxygen atoms in total. The average Bonchev–Trinajstić information content (AvgIpc) is 3.25. The highest BCUT2D eigenvalue weighted by Crippen LogP contribution is 2.46. The average molecular weight is 274 g/mol. The van der Waals surface area contributed by atoms with Gasteiger partial charge in [0.05, 0.1) is 0 Å². The van der Waals surface area contributed by atoms with E-state index in [0.717, 1.165) is 17.5 Å². The SMILES string of the molecule is CCCNC(=O)C1(C(=O)NCc2ccccc2C)CC1. The van der Waals surface area contributed by atoms with Crippen molar-refractivity contribution in [2.45, 2.75) is 39.7 Å². The molecule has 0 saturated heterocycles. The van der Waals surface area contributed by atoms with Gasteiger partial charge in [-0.1, -0.05) is 31.2 Å². The Hall–Kier alpha value is -1.84. The molecule has 1 aliphatic rings. The molecule has 1 aromatic carbocycles. The molecule has 0 aromatic heterocycles. The summed E-state index contributed by atoms with van der Waals surface area (Å²) in [6.45, 7) is 5.13. The molecule has 20 heavy (non-hydrogen) atoms. The van der Waals surface area contributed by atoms with Gasteiger partial charge in [-0.25, -0.2) is 0 Å². The Bertz CT molecular complexity index is 507. The molecule has 2 N–H and O–H groups in total. The normalized spacial score (nSPS) is 15.5. The van der Waals surface area contributed by atoms with Gasteiger partial charge >= 0.3 is 0 Å². The van der Waals surface area contributed by atoms with Crippen molar-refractivity contribution >= 4 is 11.8 Å². The van der Waals surface area contributed by atoms with Crippen LogP contribution in [-0.2, 0) is 16.1 Å². The molecule has 1 aliphatic carbocycles. The highest BCUT2D eigenvalue weighted by Gasteiger charge is 2.56. The molecule has 0 heterocycles. The van der Waals surface area contributed by atoms with Crippen LogP contribution < -0.4 is 10.6 Å². The first-order valence-corrected chi connectivity index (χ1v) is 7.21. The minimum Gasteiger partial charge on any atom is -0.355 e. The van der Waals surface area contributed by atoms with Crippen LogP contribution in [0.2, 0.25) is 0 Å². The third kappa shape index (κ3) is 3.00. The Morgan fingerprint density at radius 3 is 2.40 bits per heavy atom. The van der Waals surface area contributed by atoms with E-state index < -0.39 is 5.41 Å². The quantitative estimate of drug-likeness (QED) is 0.779. The van der Waals surface area contributed by atoms with Gasteiger partial charge in [0.15, 0.2) is 0 Å². The molecule has 108 valence electrons. The van der Waals surface area contributed by atoms with E-state index in [2.05, 4.69) is 10.6 Å². The highest BCUT2D eigenvalue weighted by atomic mass is 16.2. The first-order chi connectivity index (χ1) is 9.60. The van der Waals surface area contributed by atoms with Crippen molar-refractivity contribution in [2.24, 2.45) is 5.41 Å². The van der Waals surface area contributed by atoms with Gasteiger partial charge in [0.25, 0.3) is 0 Å². The molecular formula is C16H22N2O2. The minimum atomic E-state index is -0.808. The Labute approximate surface area is 119 Å². The number of rotatable bonds is 6. The van der Waals surface area contributed by atoms with Gasteiger partial charge in [0.1, 0.15) is 5.41 Å². The fourth-order valence-corrected chi connectivity index (χ4v) is 2.24. The van der Waals surface area contributed by atoms with Crippen LogP contribution in [0.25, 0.3) is 0 Å². The van der Waals surface area contributed by atoms with Gasteiger partial charge in [0.2, 0.25) is 11.8 Å². The molecule has 4 heteroatoms. The Balaban J connectivity index is 1.92. The lowest BCUT2D eigenvalue weighted by Crippen LogP contribution is -2.43. The van der Waals surface area contributed by atoms with Gasteiger partial charge < -0.3 is 10.6 Å². The third-order valence-electron chi connectivity index (χ3n) is 3.86. The predicted molar refractivity (Wildman–Crippen MR) is 78.0 cm³/mol. The van der Waals surface area contributed by atoms with Crippen LogP contribution in [0.3, 0.4) is 0 Å². The number of benzene rings is 1. The molecule has 2 amide bonds. The maximum atomic E-state index is 12.2. The summed E-state index contributed by atoms with van der Waals surface area (Å²) in [4.78, 5) is 24.3. The zero-order valence-corrected chi connectivity index (χ0v) is 12.2. The lowest BCUT2D eigenvalue weighted by atomic mass is 10.0. The molecule has 0 unspecified atom stereocenters. The second kappa shape index (κ2) is 6.07. The summed E-state index contributed by atoms with van der Waals surface area (Å²) in [5.74, 6) is -0.268. The van der Waals surface area contributed by atoms with E-state index in [-0.39, 0.29) is 11.8 Å². The van der Waals surface area contributed by atoms with Crippen molar-refractivity contribution in [2.75, 3.05) is 6.54 Å². The maximum Gasteiger partial charge on any atom is 0.235 e. The molecule has 1 fully saturated rings. The fourth-order valence-electron chi connectivity index (χ4n) is 2.24. The first-order valence-electron chi connectivity index (χ1n) is 7.21. The van der Waals surface area contributed by atoms with E-state index in [0.29, 0.717) is 25.9 Å². The van der Waals surface area contributed by atoms with Crippen LogP contribution in [0.1, 0.15) is 37.3 Å². The first kappa shape index (κ1) is 14.6. The second-order valence-electron chi connectivity index (χ2n) is 5.45. The zero-order valence-electron chi connectivity index (χ0n) is 12.2. The summed E-state index contributed by atoms with van der Waals surface area (Å²) in [7, 11) is 0. The van der Waals surface area contributed by atoms with Gasteiger partial charge in [-0.05, 0) is 37.3 Å². The monoisotopic (exact) mass is 274 g/mol. The molecule has 0 atom stereocenters. The highest BCUT2D eigenvalue weighted by molar-refractivity contribution is 6.07. The van der Waals surface area contributed by atoms with E-state index in [4.69, 9.17) is 0 Å². The number of aryl methyl sites for hydroxylation is 1. The predicted octanol–water partition coefficient (Wildman–Crippen LogP) is 1.92. The van der Waals surface area contributed by atoms with Gasteiger partial charge in [0, 0.05) is 13.1 Å². The van der Waals surface area contributed by atoms with Crippen LogP contribution in [0, 0.1) is 12.3 Å². The lowest BCUT2D eigenvalue weighted by molar-refractivity contribution is -0.137. The van der Waals surface area contributed by atoms with Gasteiger partial charge in [-0.3, -0.25) is 9.59 Å². The summed E-state index contributed by atoms with van der Waals surface area (Å²) in [5, 5.41) is 5.73. The minimum absolute atomic E-state index is 0.123.